The second kappa shape index (κ2) is 10.4. The van der Waals surface area contributed by atoms with Crippen LogP contribution in [0.25, 0.3) is 44.2 Å². The van der Waals surface area contributed by atoms with E-state index >= 15 is 0 Å². The van der Waals surface area contributed by atoms with Crippen molar-refractivity contribution in [3.63, 3.8) is 0 Å². The van der Waals surface area contributed by atoms with Gasteiger partial charge in [-0.25, -0.2) is 0 Å². The molecule has 7 aromatic carbocycles. The van der Waals surface area contributed by atoms with Crippen molar-refractivity contribution in [2.24, 2.45) is 0 Å². The SMILES string of the molecule is CC1(C)c2ccccc2-c2c(-c3ccc(-c4ccc(N(c5ccccc5)c5ccccc5)cc4)cc3)ccc3cccc1c23. The fraction of sp³-hybridized carbons (Fsp3) is 0.0698. The number of anilines is 3. The molecule has 7 aromatic rings. The van der Waals surface area contributed by atoms with Gasteiger partial charge in [0.05, 0.1) is 0 Å². The monoisotopic (exact) mass is 563 g/mol. The van der Waals surface area contributed by atoms with Crippen molar-refractivity contribution in [1.82, 2.24) is 0 Å². The molecule has 0 heterocycles. The Bertz CT molecular complexity index is 2070. The molecule has 0 aromatic heterocycles. The molecule has 0 saturated carbocycles. The van der Waals surface area contributed by atoms with Crippen LogP contribution in [-0.2, 0) is 5.41 Å². The quantitative estimate of drug-likeness (QED) is 0.201. The maximum atomic E-state index is 2.36. The third-order valence-electron chi connectivity index (χ3n) is 9.27. The van der Waals surface area contributed by atoms with E-state index in [9.17, 15) is 0 Å². The Morgan fingerprint density at radius 1 is 0.386 bits per heavy atom. The molecule has 0 atom stereocenters. The lowest BCUT2D eigenvalue weighted by Gasteiger charge is -2.36. The van der Waals surface area contributed by atoms with Crippen LogP contribution >= 0.6 is 0 Å². The molecule has 1 aliphatic rings. The van der Waals surface area contributed by atoms with Gasteiger partial charge in [0, 0.05) is 22.5 Å². The van der Waals surface area contributed by atoms with Gasteiger partial charge in [-0.05, 0) is 91.7 Å². The van der Waals surface area contributed by atoms with Crippen LogP contribution in [0.4, 0.5) is 17.1 Å². The van der Waals surface area contributed by atoms with Crippen LogP contribution in [0.1, 0.15) is 25.0 Å². The van der Waals surface area contributed by atoms with E-state index < -0.39 is 0 Å². The van der Waals surface area contributed by atoms with Crippen LogP contribution in [0.5, 0.6) is 0 Å². The Balaban J connectivity index is 1.17. The minimum atomic E-state index is -0.0473. The van der Waals surface area contributed by atoms with Gasteiger partial charge in [0.2, 0.25) is 0 Å². The van der Waals surface area contributed by atoms with Gasteiger partial charge < -0.3 is 4.90 Å². The average molecular weight is 564 g/mol. The molecule has 1 heteroatoms. The highest BCUT2D eigenvalue weighted by molar-refractivity contribution is 6.09. The van der Waals surface area contributed by atoms with E-state index in [2.05, 4.69) is 183 Å². The number of benzene rings is 7. The normalized spacial score (nSPS) is 13.0. The van der Waals surface area contributed by atoms with Crippen LogP contribution in [0.15, 0.2) is 164 Å². The molecule has 0 bridgehead atoms. The standard InChI is InChI=1S/C43H33N/c1-43(2)39-18-10-9-17-38(39)42-37(29-26-33-12-11-19-40(43)41(33)42)32-22-20-30(21-23-32)31-24-27-36(28-25-31)44(34-13-5-3-6-14-34)35-15-7-4-8-16-35/h3-29H,1-2H3. The summed E-state index contributed by atoms with van der Waals surface area (Å²) in [5.41, 5.74) is 13.8. The van der Waals surface area contributed by atoms with Crippen molar-refractivity contribution in [2.75, 3.05) is 4.90 Å². The third kappa shape index (κ3) is 4.24. The maximum absolute atomic E-state index is 2.36. The molecule has 210 valence electrons. The largest absolute Gasteiger partial charge is 0.311 e. The molecule has 0 fully saturated rings. The molecule has 0 saturated heterocycles. The number of hydrogen-bond donors (Lipinski definition) is 0. The highest BCUT2D eigenvalue weighted by Gasteiger charge is 2.34. The minimum Gasteiger partial charge on any atom is -0.311 e. The summed E-state index contributed by atoms with van der Waals surface area (Å²) in [6.45, 7) is 4.71. The van der Waals surface area contributed by atoms with Gasteiger partial charge in [-0.1, -0.05) is 141 Å². The fourth-order valence-electron chi connectivity index (χ4n) is 7.06. The molecule has 0 aliphatic heterocycles. The van der Waals surface area contributed by atoms with E-state index in [-0.39, 0.29) is 5.41 Å². The van der Waals surface area contributed by atoms with Crippen molar-refractivity contribution in [3.8, 4) is 33.4 Å². The minimum absolute atomic E-state index is 0.0473. The zero-order valence-corrected chi connectivity index (χ0v) is 25.0. The van der Waals surface area contributed by atoms with E-state index in [0.717, 1.165) is 17.1 Å². The Kier molecular flexibility index (Phi) is 6.20. The predicted octanol–water partition coefficient (Wildman–Crippen LogP) is 11.9. The van der Waals surface area contributed by atoms with Gasteiger partial charge >= 0.3 is 0 Å². The summed E-state index contributed by atoms with van der Waals surface area (Å²) in [5, 5.41) is 2.69. The van der Waals surface area contributed by atoms with Crippen LogP contribution in [0.2, 0.25) is 0 Å². The summed E-state index contributed by atoms with van der Waals surface area (Å²) in [6.07, 6.45) is 0. The zero-order valence-electron chi connectivity index (χ0n) is 25.0. The first-order valence-corrected chi connectivity index (χ1v) is 15.4. The Morgan fingerprint density at radius 3 is 1.57 bits per heavy atom. The first-order valence-electron chi connectivity index (χ1n) is 15.4. The van der Waals surface area contributed by atoms with E-state index in [4.69, 9.17) is 0 Å². The lowest BCUT2D eigenvalue weighted by atomic mass is 9.67. The van der Waals surface area contributed by atoms with Crippen LogP contribution in [0.3, 0.4) is 0 Å². The average Bonchev–Trinajstić information content (AvgIpc) is 3.08. The van der Waals surface area contributed by atoms with Crippen molar-refractivity contribution in [3.05, 3.63) is 175 Å². The molecular weight excluding hydrogens is 530 g/mol. The van der Waals surface area contributed by atoms with E-state index in [1.54, 1.807) is 0 Å². The Labute approximate surface area is 259 Å². The van der Waals surface area contributed by atoms with Crippen molar-refractivity contribution < 1.29 is 0 Å². The summed E-state index contributed by atoms with van der Waals surface area (Å²) in [5.74, 6) is 0. The topological polar surface area (TPSA) is 3.24 Å². The first kappa shape index (κ1) is 26.2. The van der Waals surface area contributed by atoms with Gasteiger partial charge in [-0.15, -0.1) is 0 Å². The Morgan fingerprint density at radius 2 is 0.909 bits per heavy atom. The number of para-hydroxylation sites is 2. The van der Waals surface area contributed by atoms with Gasteiger partial charge in [0.25, 0.3) is 0 Å². The molecular formula is C43H33N. The predicted molar refractivity (Wildman–Crippen MR) is 187 cm³/mol. The summed E-state index contributed by atoms with van der Waals surface area (Å²) in [7, 11) is 0. The first-order chi connectivity index (χ1) is 21.6. The molecule has 8 rings (SSSR count). The van der Waals surface area contributed by atoms with Crippen LogP contribution in [0, 0.1) is 0 Å². The molecule has 1 aliphatic carbocycles. The molecule has 44 heavy (non-hydrogen) atoms. The number of nitrogens with zero attached hydrogens (tertiary/aromatic N) is 1. The highest BCUT2D eigenvalue weighted by atomic mass is 15.1. The van der Waals surface area contributed by atoms with Crippen molar-refractivity contribution >= 4 is 27.8 Å². The van der Waals surface area contributed by atoms with Gasteiger partial charge in [0.1, 0.15) is 0 Å². The third-order valence-corrected chi connectivity index (χ3v) is 9.27. The lowest BCUT2D eigenvalue weighted by Crippen LogP contribution is -2.23. The second-order valence-corrected chi connectivity index (χ2v) is 12.2. The maximum Gasteiger partial charge on any atom is 0.0462 e. The Hall–Kier alpha value is -5.40. The van der Waals surface area contributed by atoms with Crippen molar-refractivity contribution in [2.45, 2.75) is 19.3 Å². The molecule has 0 N–H and O–H groups in total. The van der Waals surface area contributed by atoms with E-state index in [1.165, 1.54) is 55.3 Å². The highest BCUT2D eigenvalue weighted by Crippen LogP contribution is 2.51. The summed E-state index contributed by atoms with van der Waals surface area (Å²) >= 11 is 0. The molecule has 0 amide bonds. The summed E-state index contributed by atoms with van der Waals surface area (Å²) in [4.78, 5) is 2.30. The van der Waals surface area contributed by atoms with Gasteiger partial charge in [-0.3, -0.25) is 0 Å². The molecule has 1 nitrogen and oxygen atoms in total. The molecule has 0 unspecified atom stereocenters. The molecule has 0 radical (unpaired) electrons. The lowest BCUT2D eigenvalue weighted by molar-refractivity contribution is 0.645. The summed E-state index contributed by atoms with van der Waals surface area (Å²) < 4.78 is 0. The number of rotatable bonds is 5. The number of hydrogen-bond acceptors (Lipinski definition) is 1. The zero-order chi connectivity index (χ0) is 29.7. The van der Waals surface area contributed by atoms with Crippen LogP contribution < -0.4 is 4.90 Å². The van der Waals surface area contributed by atoms with Crippen molar-refractivity contribution in [1.29, 1.82) is 0 Å². The second-order valence-electron chi connectivity index (χ2n) is 12.2. The number of fused-ring (bicyclic) bond motifs is 2. The van der Waals surface area contributed by atoms with E-state index in [1.807, 2.05) is 0 Å². The molecule has 0 spiro atoms. The van der Waals surface area contributed by atoms with Gasteiger partial charge in [0.15, 0.2) is 0 Å². The van der Waals surface area contributed by atoms with Gasteiger partial charge in [-0.2, -0.15) is 0 Å². The van der Waals surface area contributed by atoms with E-state index in [0.29, 0.717) is 0 Å². The van der Waals surface area contributed by atoms with Crippen LogP contribution in [-0.4, -0.2) is 0 Å². The summed E-state index contributed by atoms with van der Waals surface area (Å²) in [6, 6.07) is 59.4. The smallest absolute Gasteiger partial charge is 0.0462 e. The fourth-order valence-corrected chi connectivity index (χ4v) is 7.06.